The molecular formula is C19H17FN4O3. The quantitative estimate of drug-likeness (QED) is 0.702. The number of hydrogen-bond donors (Lipinski definition) is 0. The topological polar surface area (TPSA) is 81.4 Å². The second-order valence-electron chi connectivity index (χ2n) is 6.28. The first-order chi connectivity index (χ1) is 13.2. The molecule has 4 rings (SSSR count). The Labute approximate surface area is 154 Å². The van der Waals surface area contributed by atoms with Crippen molar-refractivity contribution in [2.75, 3.05) is 13.1 Å². The van der Waals surface area contributed by atoms with Gasteiger partial charge < -0.3 is 14.2 Å². The number of likely N-dealkylation sites (tertiary alicyclic amines) is 1. The molecule has 138 valence electrons. The van der Waals surface area contributed by atoms with Crippen molar-refractivity contribution in [2.24, 2.45) is 0 Å². The number of rotatable bonds is 3. The van der Waals surface area contributed by atoms with Crippen LogP contribution in [0.3, 0.4) is 0 Å². The normalized spacial score (nSPS) is 14.9. The second-order valence-corrected chi connectivity index (χ2v) is 6.28. The van der Waals surface area contributed by atoms with Crippen LogP contribution in [0.4, 0.5) is 9.18 Å². The smallest absolute Gasteiger partial charge is 0.409 e. The van der Waals surface area contributed by atoms with Gasteiger partial charge in [0.15, 0.2) is 5.75 Å². The van der Waals surface area contributed by atoms with Gasteiger partial charge in [0.2, 0.25) is 11.7 Å². The highest BCUT2D eigenvalue weighted by atomic mass is 19.1. The number of carbonyl (C=O) groups excluding carboxylic acids is 1. The molecule has 7 nitrogen and oxygen atoms in total. The van der Waals surface area contributed by atoms with Gasteiger partial charge in [-0.2, -0.15) is 4.98 Å². The number of carbonyl (C=O) groups is 1. The zero-order valence-corrected chi connectivity index (χ0v) is 14.4. The Morgan fingerprint density at radius 3 is 2.67 bits per heavy atom. The number of pyridine rings is 1. The summed E-state index contributed by atoms with van der Waals surface area (Å²) >= 11 is 0. The van der Waals surface area contributed by atoms with E-state index in [1.54, 1.807) is 35.4 Å². The van der Waals surface area contributed by atoms with Crippen LogP contribution in [0.1, 0.15) is 24.7 Å². The van der Waals surface area contributed by atoms with Gasteiger partial charge in [0.1, 0.15) is 5.82 Å². The first kappa shape index (κ1) is 17.1. The Balaban J connectivity index is 1.35. The van der Waals surface area contributed by atoms with Crippen LogP contribution in [0.15, 0.2) is 53.3 Å². The van der Waals surface area contributed by atoms with Gasteiger partial charge in [0.25, 0.3) is 0 Å². The molecule has 0 spiro atoms. The largest absolute Gasteiger partial charge is 0.415 e. The monoisotopic (exact) mass is 368 g/mol. The van der Waals surface area contributed by atoms with Crippen molar-refractivity contribution in [3.63, 3.8) is 0 Å². The molecule has 1 amide bonds. The van der Waals surface area contributed by atoms with E-state index in [-0.39, 0.29) is 17.8 Å². The van der Waals surface area contributed by atoms with Crippen LogP contribution in [-0.2, 0) is 0 Å². The maximum Gasteiger partial charge on any atom is 0.415 e. The average Bonchev–Trinajstić information content (AvgIpc) is 3.20. The number of aromatic nitrogens is 3. The van der Waals surface area contributed by atoms with Crippen LogP contribution in [-0.4, -0.2) is 39.2 Å². The Morgan fingerprint density at radius 2 is 1.96 bits per heavy atom. The number of piperidine rings is 1. The minimum absolute atomic E-state index is 0.0779. The fourth-order valence-corrected chi connectivity index (χ4v) is 3.00. The maximum atomic E-state index is 13.0. The maximum absolute atomic E-state index is 13.0. The van der Waals surface area contributed by atoms with E-state index >= 15 is 0 Å². The standard InChI is InChI=1S/C19H17FN4O3/c20-15-5-3-13(4-6-15)17-22-18(27-23-17)14-7-10-24(11-8-14)19(25)26-16-2-1-9-21-12-16/h1-6,9,12,14H,7-8,10-11H2. The molecule has 0 saturated carbocycles. The van der Waals surface area contributed by atoms with Crippen LogP contribution in [0, 0.1) is 5.82 Å². The Hall–Kier alpha value is -3.29. The summed E-state index contributed by atoms with van der Waals surface area (Å²) in [6.45, 7) is 1.08. The van der Waals surface area contributed by atoms with E-state index < -0.39 is 0 Å². The molecule has 1 saturated heterocycles. The summed E-state index contributed by atoms with van der Waals surface area (Å²) in [5.41, 5.74) is 0.698. The van der Waals surface area contributed by atoms with Crippen LogP contribution < -0.4 is 4.74 Å². The highest BCUT2D eigenvalue weighted by Crippen LogP contribution is 2.29. The van der Waals surface area contributed by atoms with Gasteiger partial charge in [0, 0.05) is 30.8 Å². The minimum atomic E-state index is -0.390. The average molecular weight is 368 g/mol. The third kappa shape index (κ3) is 3.94. The molecule has 0 bridgehead atoms. The predicted molar refractivity (Wildman–Crippen MR) is 93.5 cm³/mol. The summed E-state index contributed by atoms with van der Waals surface area (Å²) < 4.78 is 23.7. The van der Waals surface area contributed by atoms with Gasteiger partial charge >= 0.3 is 6.09 Å². The molecule has 3 aromatic rings. The van der Waals surface area contributed by atoms with Gasteiger partial charge in [-0.15, -0.1) is 0 Å². The molecule has 3 heterocycles. The minimum Gasteiger partial charge on any atom is -0.409 e. The molecule has 2 aromatic heterocycles. The number of hydrogen-bond acceptors (Lipinski definition) is 6. The fraction of sp³-hybridized carbons (Fsp3) is 0.263. The number of ether oxygens (including phenoxy) is 1. The molecule has 27 heavy (non-hydrogen) atoms. The second kappa shape index (κ2) is 7.53. The third-order valence-corrected chi connectivity index (χ3v) is 4.49. The predicted octanol–water partition coefficient (Wildman–Crippen LogP) is 3.65. The van der Waals surface area contributed by atoms with Crippen molar-refractivity contribution in [3.05, 3.63) is 60.5 Å². The van der Waals surface area contributed by atoms with Crippen LogP contribution >= 0.6 is 0 Å². The lowest BCUT2D eigenvalue weighted by Gasteiger charge is -2.29. The van der Waals surface area contributed by atoms with Crippen molar-refractivity contribution in [1.29, 1.82) is 0 Å². The highest BCUT2D eigenvalue weighted by molar-refractivity contribution is 5.70. The van der Waals surface area contributed by atoms with Crippen LogP contribution in [0.2, 0.25) is 0 Å². The molecule has 1 aliphatic rings. The lowest BCUT2D eigenvalue weighted by Crippen LogP contribution is -2.39. The van der Waals surface area contributed by atoms with Crippen molar-refractivity contribution >= 4 is 6.09 Å². The summed E-state index contributed by atoms with van der Waals surface area (Å²) in [5.74, 6) is 1.16. The Bertz CT molecular complexity index is 906. The van der Waals surface area contributed by atoms with Crippen molar-refractivity contribution in [1.82, 2.24) is 20.0 Å². The number of halogens is 1. The van der Waals surface area contributed by atoms with Gasteiger partial charge in [0.05, 0.1) is 6.20 Å². The molecule has 0 radical (unpaired) electrons. The summed E-state index contributed by atoms with van der Waals surface area (Å²) in [7, 11) is 0. The molecule has 0 aliphatic carbocycles. The number of nitrogens with zero attached hydrogens (tertiary/aromatic N) is 4. The fourth-order valence-electron chi connectivity index (χ4n) is 3.00. The summed E-state index contributed by atoms with van der Waals surface area (Å²) in [4.78, 5) is 22.2. The van der Waals surface area contributed by atoms with Gasteiger partial charge in [-0.1, -0.05) is 5.16 Å². The van der Waals surface area contributed by atoms with E-state index in [1.807, 2.05) is 0 Å². The third-order valence-electron chi connectivity index (χ3n) is 4.49. The van der Waals surface area contributed by atoms with E-state index in [4.69, 9.17) is 9.26 Å². The first-order valence-electron chi connectivity index (χ1n) is 8.65. The number of amides is 1. The molecule has 0 unspecified atom stereocenters. The molecule has 0 atom stereocenters. The van der Waals surface area contributed by atoms with E-state index in [0.29, 0.717) is 49.0 Å². The van der Waals surface area contributed by atoms with Gasteiger partial charge in [-0.05, 0) is 49.2 Å². The summed E-state index contributed by atoms with van der Waals surface area (Å²) in [6.07, 6.45) is 4.13. The van der Waals surface area contributed by atoms with Crippen molar-refractivity contribution in [3.8, 4) is 17.1 Å². The highest BCUT2D eigenvalue weighted by Gasteiger charge is 2.28. The molecule has 1 aliphatic heterocycles. The van der Waals surface area contributed by atoms with Crippen LogP contribution in [0.5, 0.6) is 5.75 Å². The molecular weight excluding hydrogens is 351 g/mol. The Morgan fingerprint density at radius 1 is 1.19 bits per heavy atom. The number of benzene rings is 1. The SMILES string of the molecule is O=C(Oc1cccnc1)N1CCC(c2nc(-c3ccc(F)cc3)no2)CC1. The lowest BCUT2D eigenvalue weighted by atomic mass is 9.97. The Kier molecular flexibility index (Phi) is 4.78. The lowest BCUT2D eigenvalue weighted by molar-refractivity contribution is 0.135. The van der Waals surface area contributed by atoms with E-state index in [2.05, 4.69) is 15.1 Å². The van der Waals surface area contributed by atoms with E-state index in [1.165, 1.54) is 18.3 Å². The van der Waals surface area contributed by atoms with E-state index in [9.17, 15) is 9.18 Å². The molecule has 1 aromatic carbocycles. The van der Waals surface area contributed by atoms with E-state index in [0.717, 1.165) is 0 Å². The molecule has 8 heteroatoms. The van der Waals surface area contributed by atoms with Gasteiger partial charge in [-0.25, -0.2) is 9.18 Å². The van der Waals surface area contributed by atoms with Crippen LogP contribution in [0.25, 0.3) is 11.4 Å². The zero-order chi connectivity index (χ0) is 18.6. The molecule has 1 fully saturated rings. The molecule has 0 N–H and O–H groups in total. The van der Waals surface area contributed by atoms with Crippen molar-refractivity contribution in [2.45, 2.75) is 18.8 Å². The van der Waals surface area contributed by atoms with Crippen molar-refractivity contribution < 1.29 is 18.4 Å². The first-order valence-corrected chi connectivity index (χ1v) is 8.65. The summed E-state index contributed by atoms with van der Waals surface area (Å²) in [5, 5.41) is 3.98. The van der Waals surface area contributed by atoms with Gasteiger partial charge in [-0.3, -0.25) is 4.98 Å². The zero-order valence-electron chi connectivity index (χ0n) is 14.4. The summed E-state index contributed by atoms with van der Waals surface area (Å²) in [6, 6.07) is 9.34.